The SMILES string of the molecule is CN(C(=O)[C@@H]1C[C@@H](OCC(=O)NCCCCCCC#Cc2cccc3c2CN(C2CCC(=O)NC2=O)C3=O)CN1C(=O)C(NC(=O)c1cc2cc(C(F)(F)P(=O)(O)O)ccc2s1)C(C)(C)C)c1ccc(Br)cc1. The van der Waals surface area contributed by atoms with Crippen LogP contribution in [-0.4, -0.2) is 112 Å². The van der Waals surface area contributed by atoms with E-state index in [0.29, 0.717) is 35.3 Å². The van der Waals surface area contributed by atoms with Crippen molar-refractivity contribution >= 4 is 92.0 Å². The number of rotatable bonds is 17. The number of likely N-dealkylation sites (tertiary alicyclic amines) is 1. The number of nitrogens with zero attached hydrogens (tertiary/aromatic N) is 3. The lowest BCUT2D eigenvalue weighted by molar-refractivity contribution is -0.141. The number of nitrogens with one attached hydrogen (secondary N) is 3. The van der Waals surface area contributed by atoms with E-state index in [1.807, 2.05) is 6.07 Å². The number of carbonyl (C=O) groups excluding carboxylic acids is 7. The summed E-state index contributed by atoms with van der Waals surface area (Å²) in [7, 11) is -4.27. The van der Waals surface area contributed by atoms with Gasteiger partial charge in [0.25, 0.3) is 11.8 Å². The normalized spacial score (nSPS) is 18.5. The molecule has 2 unspecified atom stereocenters. The zero-order valence-corrected chi connectivity index (χ0v) is 43.8. The van der Waals surface area contributed by atoms with E-state index in [-0.39, 0.29) is 66.9 Å². The highest BCUT2D eigenvalue weighted by Gasteiger charge is 2.51. The van der Waals surface area contributed by atoms with E-state index < -0.39 is 72.1 Å². The van der Waals surface area contributed by atoms with Crippen molar-refractivity contribution in [2.75, 3.05) is 31.6 Å². The molecule has 0 spiro atoms. The number of amides is 7. The van der Waals surface area contributed by atoms with E-state index in [2.05, 4.69) is 43.7 Å². The smallest absolute Gasteiger partial charge is 0.366 e. The fraction of sp³-hybridized carbons (Fsp3) is 0.431. The van der Waals surface area contributed by atoms with Gasteiger partial charge in [0.15, 0.2) is 0 Å². The average molecular weight is 1110 g/mol. The maximum atomic E-state index is 14.7. The molecule has 0 aliphatic carbocycles. The number of piperidine rings is 1. The lowest BCUT2D eigenvalue weighted by Crippen LogP contribution is -2.57. The Kier molecular flexibility index (Phi) is 17.1. The molecule has 7 amide bonds. The molecule has 5 N–H and O–H groups in total. The third-order valence-electron chi connectivity index (χ3n) is 13.0. The highest BCUT2D eigenvalue weighted by molar-refractivity contribution is 9.10. The summed E-state index contributed by atoms with van der Waals surface area (Å²) in [5.41, 5.74) is -3.74. The number of likely N-dealkylation sites (N-methyl/N-ethyl adjacent to an activating group) is 1. The molecular weight excluding hydrogens is 1050 g/mol. The van der Waals surface area contributed by atoms with Gasteiger partial charge in [-0.15, -0.1) is 11.3 Å². The quantitative estimate of drug-likeness (QED) is 0.0329. The van der Waals surface area contributed by atoms with Gasteiger partial charge in [0.1, 0.15) is 24.7 Å². The second kappa shape index (κ2) is 22.7. The van der Waals surface area contributed by atoms with Crippen LogP contribution in [-0.2, 0) is 45.5 Å². The van der Waals surface area contributed by atoms with Crippen LogP contribution >= 0.6 is 34.9 Å². The average Bonchev–Trinajstić information content (AvgIpc) is 4.06. The third kappa shape index (κ3) is 12.7. The van der Waals surface area contributed by atoms with Gasteiger partial charge in [0.2, 0.25) is 29.5 Å². The number of fused-ring (bicyclic) bond motifs is 2. The van der Waals surface area contributed by atoms with Gasteiger partial charge >= 0.3 is 13.3 Å². The van der Waals surface area contributed by atoms with E-state index in [1.54, 1.807) is 64.2 Å². The summed E-state index contributed by atoms with van der Waals surface area (Å²) < 4.78 is 47.8. The molecule has 0 radical (unpaired) electrons. The lowest BCUT2D eigenvalue weighted by atomic mass is 9.85. The van der Waals surface area contributed by atoms with Crippen molar-refractivity contribution in [3.8, 4) is 11.8 Å². The molecular formula is C51H56BrF2N6O11PS. The fourth-order valence-corrected chi connectivity index (χ4v) is 10.6. The standard InChI is InChI=1S/C51H56BrF2N6O11PS/c1-50(2,3)44(57-46(64)41-25-31-24-32(15-21-40(31)73-41)51(53,54)72(68,69)70)49(67)59-27-35(26-39(59)48(66)58(4)34-18-16-33(52)17-19-34)71-29-43(62)55-23-10-8-6-5-7-9-12-30-13-11-14-36-37(30)28-60(47(36)65)38-20-22-42(61)56-45(38)63/h11,13-19,21,24-25,35,38-39,44H,5-8,10,20,22-23,26-29H2,1-4H3,(H,55,62)(H,57,64)(H,56,61,63)(H2,68,69,70)/t35-,38?,39+,44?/m1/s1. The molecule has 2 fully saturated rings. The van der Waals surface area contributed by atoms with Gasteiger partial charge < -0.3 is 39.9 Å². The molecule has 3 aliphatic heterocycles. The number of alkyl halides is 2. The highest BCUT2D eigenvalue weighted by atomic mass is 79.9. The number of hydrogen-bond acceptors (Lipinski definition) is 10. The first kappa shape index (κ1) is 54.9. The molecule has 0 bridgehead atoms. The van der Waals surface area contributed by atoms with E-state index in [4.69, 9.17) is 4.74 Å². The molecule has 7 rings (SSSR count). The number of carbonyl (C=O) groups is 7. The Morgan fingerprint density at radius 1 is 1.01 bits per heavy atom. The molecule has 4 atom stereocenters. The number of unbranched alkanes of at least 4 members (excludes halogenated alkanes) is 4. The number of benzene rings is 3. The Labute approximate surface area is 433 Å². The second-order valence-corrected chi connectivity index (χ2v) is 23.0. The molecule has 2 saturated heterocycles. The van der Waals surface area contributed by atoms with Gasteiger partial charge in [-0.3, -0.25) is 43.4 Å². The predicted octanol–water partition coefficient (Wildman–Crippen LogP) is 6.56. The number of thiophene rings is 1. The monoisotopic (exact) mass is 1110 g/mol. The summed E-state index contributed by atoms with van der Waals surface area (Å²) in [6.07, 6.45) is 3.58. The zero-order valence-electron chi connectivity index (χ0n) is 40.5. The van der Waals surface area contributed by atoms with Crippen molar-refractivity contribution in [3.05, 3.63) is 98.3 Å². The van der Waals surface area contributed by atoms with Crippen molar-refractivity contribution in [1.29, 1.82) is 0 Å². The Morgan fingerprint density at radius 3 is 2.44 bits per heavy atom. The maximum Gasteiger partial charge on any atom is 0.399 e. The summed E-state index contributed by atoms with van der Waals surface area (Å²) in [5, 5.41) is 8.10. The third-order valence-corrected chi connectivity index (χ3v) is 15.7. The van der Waals surface area contributed by atoms with Gasteiger partial charge in [-0.25, -0.2) is 0 Å². The predicted molar refractivity (Wildman–Crippen MR) is 271 cm³/mol. The van der Waals surface area contributed by atoms with Crippen LogP contribution in [0.2, 0.25) is 0 Å². The van der Waals surface area contributed by atoms with E-state index in [0.717, 1.165) is 58.3 Å². The second-order valence-electron chi connectivity index (χ2n) is 19.3. The number of hydrogen-bond donors (Lipinski definition) is 5. The summed E-state index contributed by atoms with van der Waals surface area (Å²) in [6.45, 7) is 5.42. The minimum atomic E-state index is -5.85. The number of imide groups is 1. The van der Waals surface area contributed by atoms with Crippen molar-refractivity contribution in [2.45, 2.75) is 109 Å². The maximum absolute atomic E-state index is 14.7. The minimum Gasteiger partial charge on any atom is -0.366 e. The van der Waals surface area contributed by atoms with Crippen LogP contribution in [0, 0.1) is 17.3 Å². The largest absolute Gasteiger partial charge is 0.399 e. The summed E-state index contributed by atoms with van der Waals surface area (Å²) in [5.74, 6) is 3.20. The first-order valence-corrected chi connectivity index (χ1v) is 26.9. The van der Waals surface area contributed by atoms with Crippen LogP contribution in [0.4, 0.5) is 14.5 Å². The van der Waals surface area contributed by atoms with Gasteiger partial charge in [0, 0.05) is 77.5 Å². The molecule has 0 saturated carbocycles. The Balaban J connectivity index is 0.917. The van der Waals surface area contributed by atoms with Crippen LogP contribution < -0.4 is 20.9 Å². The van der Waals surface area contributed by atoms with Gasteiger partial charge in [0.05, 0.1) is 11.0 Å². The van der Waals surface area contributed by atoms with Crippen molar-refractivity contribution < 1.29 is 61.4 Å². The first-order valence-electron chi connectivity index (χ1n) is 23.7. The highest BCUT2D eigenvalue weighted by Crippen LogP contribution is 2.59. The van der Waals surface area contributed by atoms with Crippen molar-refractivity contribution in [3.63, 3.8) is 0 Å². The fourth-order valence-electron chi connectivity index (χ4n) is 8.96. The van der Waals surface area contributed by atoms with Crippen LogP contribution in [0.3, 0.4) is 0 Å². The minimum absolute atomic E-state index is 0.0464. The van der Waals surface area contributed by atoms with Crippen LogP contribution in [0.1, 0.15) is 109 Å². The van der Waals surface area contributed by atoms with E-state index in [9.17, 15) is 56.7 Å². The lowest BCUT2D eigenvalue weighted by Gasteiger charge is -2.36. The molecule has 22 heteroatoms. The molecule has 3 aliphatic rings. The molecule has 17 nitrogen and oxygen atoms in total. The first-order chi connectivity index (χ1) is 34.4. The van der Waals surface area contributed by atoms with Crippen LogP contribution in [0.5, 0.6) is 0 Å². The molecule has 1 aromatic heterocycles. The summed E-state index contributed by atoms with van der Waals surface area (Å²) >= 11 is 4.34. The summed E-state index contributed by atoms with van der Waals surface area (Å²) in [6, 6.07) is 13.7. The van der Waals surface area contributed by atoms with Crippen LogP contribution in [0.25, 0.3) is 10.1 Å². The van der Waals surface area contributed by atoms with Crippen molar-refractivity contribution in [1.82, 2.24) is 25.8 Å². The Morgan fingerprint density at radius 2 is 1.74 bits per heavy atom. The van der Waals surface area contributed by atoms with Crippen molar-refractivity contribution in [2.24, 2.45) is 5.41 Å². The van der Waals surface area contributed by atoms with Gasteiger partial charge in [-0.1, -0.05) is 73.5 Å². The molecule has 3 aromatic carbocycles. The van der Waals surface area contributed by atoms with Crippen LogP contribution in [0.15, 0.2) is 71.2 Å². The van der Waals surface area contributed by atoms with E-state index >= 15 is 0 Å². The molecule has 4 heterocycles. The van der Waals surface area contributed by atoms with Gasteiger partial charge in [-0.2, -0.15) is 8.78 Å². The number of halogens is 3. The van der Waals surface area contributed by atoms with E-state index in [1.165, 1.54) is 26.8 Å². The number of anilines is 1. The number of ether oxygens (including phenoxy) is 1. The molecule has 73 heavy (non-hydrogen) atoms. The Bertz CT molecular complexity index is 2930. The topological polar surface area (TPSA) is 232 Å². The zero-order chi connectivity index (χ0) is 53.0. The molecule has 4 aromatic rings. The Hall–Kier alpha value is -5.88. The van der Waals surface area contributed by atoms with Gasteiger partial charge in [-0.05, 0) is 90.2 Å². The molecule has 388 valence electrons. The summed E-state index contributed by atoms with van der Waals surface area (Å²) in [4.78, 5) is 116.